The molecule has 19 heavy (non-hydrogen) atoms. The topological polar surface area (TPSA) is 92.4 Å². The first-order valence-corrected chi connectivity index (χ1v) is 7.06. The van der Waals surface area contributed by atoms with Gasteiger partial charge in [-0.2, -0.15) is 0 Å². The molecule has 0 unspecified atom stereocenters. The van der Waals surface area contributed by atoms with Crippen LogP contribution in [0.15, 0.2) is 0 Å². The van der Waals surface area contributed by atoms with Crippen molar-refractivity contribution in [2.45, 2.75) is 52.4 Å². The quantitative estimate of drug-likeness (QED) is 0.660. The maximum atomic E-state index is 12.4. The van der Waals surface area contributed by atoms with Gasteiger partial charge in [-0.15, -0.1) is 0 Å². The minimum Gasteiger partial charge on any atom is -0.481 e. The Morgan fingerprint density at radius 2 is 1.74 bits per heavy atom. The fraction of sp³-hybridized carbons (Fsp3) is 0.857. The van der Waals surface area contributed by atoms with Crippen molar-refractivity contribution in [2.24, 2.45) is 16.6 Å². The van der Waals surface area contributed by atoms with Crippen molar-refractivity contribution in [3.8, 4) is 0 Å². The maximum absolute atomic E-state index is 12.4. The predicted octanol–water partition coefficient (Wildman–Crippen LogP) is 1.51. The molecule has 0 spiro atoms. The van der Waals surface area contributed by atoms with E-state index in [9.17, 15) is 9.59 Å². The minimum atomic E-state index is -0.948. The van der Waals surface area contributed by atoms with Crippen molar-refractivity contribution < 1.29 is 14.7 Å². The first kappa shape index (κ1) is 16.0. The van der Waals surface area contributed by atoms with Gasteiger partial charge in [-0.1, -0.05) is 25.7 Å². The molecule has 0 bridgehead atoms. The summed E-state index contributed by atoms with van der Waals surface area (Å²) in [6.45, 7) is 3.70. The first-order valence-electron chi connectivity index (χ1n) is 7.06. The summed E-state index contributed by atoms with van der Waals surface area (Å²) in [6, 6.07) is 0. The molecular weight excluding hydrogens is 244 g/mol. The summed E-state index contributed by atoms with van der Waals surface area (Å²) >= 11 is 0. The lowest BCUT2D eigenvalue weighted by molar-refractivity contribution is -0.147. The zero-order valence-corrected chi connectivity index (χ0v) is 12.0. The summed E-state index contributed by atoms with van der Waals surface area (Å²) in [7, 11) is 0. The van der Waals surface area contributed by atoms with E-state index in [1.807, 2.05) is 0 Å². The van der Waals surface area contributed by atoms with E-state index in [-0.39, 0.29) is 12.5 Å². The van der Waals surface area contributed by atoms with Gasteiger partial charge in [-0.3, -0.25) is 9.59 Å². The Balaban J connectivity index is 2.66. The molecule has 0 atom stereocenters. The fourth-order valence-electron chi connectivity index (χ4n) is 2.49. The van der Waals surface area contributed by atoms with Crippen molar-refractivity contribution in [1.29, 1.82) is 0 Å². The van der Waals surface area contributed by atoms with Crippen LogP contribution in [0.25, 0.3) is 0 Å². The number of rotatable bonds is 5. The smallest absolute Gasteiger partial charge is 0.310 e. The number of carboxylic acids is 1. The Morgan fingerprint density at radius 3 is 2.16 bits per heavy atom. The second-order valence-corrected chi connectivity index (χ2v) is 6.27. The SMILES string of the molecule is CC(C)(CNC(=O)C1(CN)CCCCCC1)C(=O)O. The summed E-state index contributed by atoms with van der Waals surface area (Å²) in [5.74, 6) is -0.985. The van der Waals surface area contributed by atoms with Gasteiger partial charge in [0.25, 0.3) is 0 Å². The number of hydrogen-bond donors (Lipinski definition) is 3. The van der Waals surface area contributed by atoms with Crippen LogP contribution in [0.1, 0.15) is 52.4 Å². The molecule has 0 heterocycles. The van der Waals surface area contributed by atoms with E-state index in [2.05, 4.69) is 5.32 Å². The van der Waals surface area contributed by atoms with Crippen molar-refractivity contribution >= 4 is 11.9 Å². The third-order valence-electron chi connectivity index (χ3n) is 4.20. The van der Waals surface area contributed by atoms with Gasteiger partial charge in [0, 0.05) is 13.1 Å². The summed E-state index contributed by atoms with van der Waals surface area (Å²) < 4.78 is 0. The zero-order chi connectivity index (χ0) is 14.5. The molecule has 110 valence electrons. The molecular formula is C14H26N2O3. The number of aliphatic carboxylic acids is 1. The van der Waals surface area contributed by atoms with Crippen LogP contribution < -0.4 is 11.1 Å². The molecule has 1 saturated carbocycles. The summed E-state index contributed by atoms with van der Waals surface area (Å²) in [4.78, 5) is 23.4. The molecule has 1 aliphatic carbocycles. The van der Waals surface area contributed by atoms with Gasteiger partial charge in [0.15, 0.2) is 0 Å². The molecule has 0 aliphatic heterocycles. The predicted molar refractivity (Wildman–Crippen MR) is 73.6 cm³/mol. The molecule has 1 fully saturated rings. The van der Waals surface area contributed by atoms with Gasteiger partial charge in [-0.25, -0.2) is 0 Å². The van der Waals surface area contributed by atoms with Crippen LogP contribution in [0.3, 0.4) is 0 Å². The van der Waals surface area contributed by atoms with Crippen molar-refractivity contribution in [1.82, 2.24) is 5.32 Å². The van der Waals surface area contributed by atoms with Gasteiger partial charge >= 0.3 is 5.97 Å². The summed E-state index contributed by atoms with van der Waals surface area (Å²) in [5.41, 5.74) is 4.39. The molecule has 0 radical (unpaired) electrons. The number of hydrogen-bond acceptors (Lipinski definition) is 3. The number of carbonyl (C=O) groups is 2. The van der Waals surface area contributed by atoms with E-state index in [0.717, 1.165) is 38.5 Å². The van der Waals surface area contributed by atoms with Crippen LogP contribution in [0.4, 0.5) is 0 Å². The van der Waals surface area contributed by atoms with E-state index in [0.29, 0.717) is 6.54 Å². The average Bonchev–Trinajstić information content (AvgIpc) is 2.62. The number of carboxylic acid groups (broad SMARTS) is 1. The second-order valence-electron chi connectivity index (χ2n) is 6.27. The number of nitrogens with two attached hydrogens (primary N) is 1. The highest BCUT2D eigenvalue weighted by Gasteiger charge is 2.38. The van der Waals surface area contributed by atoms with Crippen molar-refractivity contribution in [3.05, 3.63) is 0 Å². The van der Waals surface area contributed by atoms with Crippen LogP contribution in [0.5, 0.6) is 0 Å². The minimum absolute atomic E-state index is 0.0776. The Labute approximate surface area is 114 Å². The largest absolute Gasteiger partial charge is 0.481 e. The molecule has 1 rings (SSSR count). The zero-order valence-electron chi connectivity index (χ0n) is 12.0. The highest BCUT2D eigenvalue weighted by atomic mass is 16.4. The normalized spacial score (nSPS) is 19.5. The average molecular weight is 270 g/mol. The van der Waals surface area contributed by atoms with Gasteiger partial charge in [0.05, 0.1) is 10.8 Å². The number of nitrogens with one attached hydrogen (secondary N) is 1. The first-order chi connectivity index (χ1) is 8.84. The second kappa shape index (κ2) is 6.37. The van der Waals surface area contributed by atoms with Crippen molar-refractivity contribution in [2.75, 3.05) is 13.1 Å². The molecule has 1 aliphatic rings. The Kier molecular flexibility index (Phi) is 5.35. The maximum Gasteiger partial charge on any atom is 0.310 e. The Bertz CT molecular complexity index is 332. The lowest BCUT2D eigenvalue weighted by Crippen LogP contribution is -2.49. The van der Waals surface area contributed by atoms with Crippen LogP contribution >= 0.6 is 0 Å². The lowest BCUT2D eigenvalue weighted by Gasteiger charge is -2.31. The van der Waals surface area contributed by atoms with Gasteiger partial charge < -0.3 is 16.2 Å². The van der Waals surface area contributed by atoms with Gasteiger partial charge in [0.2, 0.25) is 5.91 Å². The van der Waals surface area contributed by atoms with E-state index >= 15 is 0 Å². The number of carbonyl (C=O) groups excluding carboxylic acids is 1. The summed E-state index contributed by atoms with van der Waals surface area (Å²) in [5, 5.41) is 11.8. The van der Waals surface area contributed by atoms with Crippen LogP contribution in [-0.2, 0) is 9.59 Å². The third kappa shape index (κ3) is 3.93. The van der Waals surface area contributed by atoms with E-state index in [1.54, 1.807) is 13.8 Å². The molecule has 0 aromatic rings. The third-order valence-corrected chi connectivity index (χ3v) is 4.20. The molecule has 4 N–H and O–H groups in total. The summed E-state index contributed by atoms with van der Waals surface area (Å²) in [6.07, 6.45) is 5.96. The molecule has 5 nitrogen and oxygen atoms in total. The highest BCUT2D eigenvalue weighted by molar-refractivity contribution is 5.84. The Hall–Kier alpha value is -1.10. The lowest BCUT2D eigenvalue weighted by atomic mass is 9.79. The van der Waals surface area contributed by atoms with Crippen LogP contribution in [-0.4, -0.2) is 30.1 Å². The monoisotopic (exact) mass is 270 g/mol. The van der Waals surface area contributed by atoms with Crippen LogP contribution in [0.2, 0.25) is 0 Å². The standard InChI is InChI=1S/C14H26N2O3/c1-13(2,12(18)19)10-16-11(17)14(9-15)7-5-3-4-6-8-14/h3-10,15H2,1-2H3,(H,16,17)(H,18,19). The number of amides is 1. The molecule has 0 saturated heterocycles. The van der Waals surface area contributed by atoms with E-state index < -0.39 is 16.8 Å². The van der Waals surface area contributed by atoms with Gasteiger partial charge in [0.1, 0.15) is 0 Å². The molecule has 5 heteroatoms. The van der Waals surface area contributed by atoms with Gasteiger partial charge in [-0.05, 0) is 26.7 Å². The Morgan fingerprint density at radius 1 is 1.21 bits per heavy atom. The fourth-order valence-corrected chi connectivity index (χ4v) is 2.49. The highest BCUT2D eigenvalue weighted by Crippen LogP contribution is 2.34. The molecule has 0 aromatic heterocycles. The van der Waals surface area contributed by atoms with E-state index in [1.165, 1.54) is 0 Å². The van der Waals surface area contributed by atoms with E-state index in [4.69, 9.17) is 10.8 Å². The molecule has 1 amide bonds. The molecule has 0 aromatic carbocycles. The van der Waals surface area contributed by atoms with Crippen molar-refractivity contribution in [3.63, 3.8) is 0 Å². The van der Waals surface area contributed by atoms with Crippen LogP contribution in [0, 0.1) is 10.8 Å².